The Morgan fingerprint density at radius 2 is 1.89 bits per heavy atom. The summed E-state index contributed by atoms with van der Waals surface area (Å²) in [6.07, 6.45) is 4.57. The quantitative estimate of drug-likeness (QED) is 0.619. The van der Waals surface area contributed by atoms with Crippen molar-refractivity contribution < 1.29 is 19.0 Å². The average Bonchev–Trinajstić information content (AvgIpc) is 2.88. The maximum absolute atomic E-state index is 13.1. The van der Waals surface area contributed by atoms with Crippen LogP contribution in [-0.4, -0.2) is 67.4 Å². The molecule has 36 heavy (non-hydrogen) atoms. The number of piperidine rings is 1. The Kier molecular flexibility index (Phi) is 8.65. The number of likely N-dealkylation sites (tertiary alicyclic amines) is 1. The number of benzene rings is 1. The number of hydrogen-bond donors (Lipinski definition) is 1. The van der Waals surface area contributed by atoms with Gasteiger partial charge in [-0.15, -0.1) is 0 Å². The average molecular weight is 496 g/mol. The van der Waals surface area contributed by atoms with Gasteiger partial charge in [-0.2, -0.15) is 0 Å². The van der Waals surface area contributed by atoms with Crippen LogP contribution in [0.3, 0.4) is 0 Å². The molecule has 1 aromatic heterocycles. The molecular weight excluding hydrogens is 454 g/mol. The molecule has 3 heterocycles. The molecule has 2 atom stereocenters. The van der Waals surface area contributed by atoms with Gasteiger partial charge in [-0.25, -0.2) is 4.98 Å². The number of amides is 1. The van der Waals surface area contributed by atoms with E-state index >= 15 is 0 Å². The summed E-state index contributed by atoms with van der Waals surface area (Å²) in [5.41, 5.74) is 3.93. The molecule has 7 nitrogen and oxygen atoms in total. The number of aryl methyl sites for hydroxylation is 1. The Morgan fingerprint density at radius 3 is 2.53 bits per heavy atom. The molecule has 2 fully saturated rings. The molecule has 1 amide bonds. The summed E-state index contributed by atoms with van der Waals surface area (Å²) in [5.74, 6) is 0.695. The third-order valence-corrected chi connectivity index (χ3v) is 7.33. The normalized spacial score (nSPS) is 21.4. The minimum Gasteiger partial charge on any atom is -0.487 e. The van der Waals surface area contributed by atoms with E-state index in [4.69, 9.17) is 14.2 Å². The van der Waals surface area contributed by atoms with Gasteiger partial charge in [0.15, 0.2) is 0 Å². The van der Waals surface area contributed by atoms with Crippen molar-refractivity contribution >= 4 is 5.91 Å². The van der Waals surface area contributed by atoms with Crippen LogP contribution in [0.1, 0.15) is 67.2 Å². The van der Waals surface area contributed by atoms with Gasteiger partial charge in [0.05, 0.1) is 18.9 Å². The molecular formula is C29H41N3O4. The van der Waals surface area contributed by atoms with Crippen molar-refractivity contribution in [2.24, 2.45) is 0 Å². The van der Waals surface area contributed by atoms with E-state index in [0.29, 0.717) is 36.7 Å². The zero-order valence-corrected chi connectivity index (χ0v) is 22.4. The Hall–Kier alpha value is -2.48. The van der Waals surface area contributed by atoms with Crippen molar-refractivity contribution in [2.45, 2.75) is 77.2 Å². The molecule has 4 rings (SSSR count). The van der Waals surface area contributed by atoms with E-state index < -0.39 is 0 Å². The number of aromatic nitrogens is 1. The van der Waals surface area contributed by atoms with E-state index in [1.165, 1.54) is 5.56 Å². The first-order valence-corrected chi connectivity index (χ1v) is 13.1. The first-order valence-electron chi connectivity index (χ1n) is 13.1. The number of carbonyl (C=O) groups is 1. The maximum Gasteiger partial charge on any atom is 0.272 e. The summed E-state index contributed by atoms with van der Waals surface area (Å²) in [7, 11) is 1.74. The van der Waals surface area contributed by atoms with Crippen LogP contribution in [0.4, 0.5) is 0 Å². The predicted octanol–water partition coefficient (Wildman–Crippen LogP) is 4.26. The summed E-state index contributed by atoms with van der Waals surface area (Å²) in [4.78, 5) is 19.5. The first-order chi connectivity index (χ1) is 17.2. The fourth-order valence-electron chi connectivity index (χ4n) is 4.92. The van der Waals surface area contributed by atoms with Gasteiger partial charge in [-0.1, -0.05) is 45.0 Å². The zero-order chi connectivity index (χ0) is 25.7. The second-order valence-corrected chi connectivity index (χ2v) is 11.0. The van der Waals surface area contributed by atoms with Gasteiger partial charge in [-0.05, 0) is 54.4 Å². The molecule has 2 aliphatic heterocycles. The lowest BCUT2D eigenvalue weighted by atomic mass is 9.87. The molecule has 0 radical (unpaired) electrons. The summed E-state index contributed by atoms with van der Waals surface area (Å²) in [5, 5.41) is 3.74. The van der Waals surface area contributed by atoms with Crippen molar-refractivity contribution in [1.82, 2.24) is 15.2 Å². The number of nitrogens with one attached hydrogen (secondary N) is 1. The monoisotopic (exact) mass is 495 g/mol. The standard InChI is InChI=1S/C29H41N3O4/c1-20-16-25(30-17-26(20)36-18-21-6-8-22(9-7-21)29(2,3)4)28(33)32-13-10-23(11-14-32)31-24-12-15-35-19-27(24)34-5/h6-9,16-17,23-24,27,31H,10-15,18-19H2,1-5H3/t24-,27+/m1/s1. The Morgan fingerprint density at radius 1 is 1.17 bits per heavy atom. The highest BCUT2D eigenvalue weighted by Crippen LogP contribution is 2.24. The van der Waals surface area contributed by atoms with Gasteiger partial charge in [0.2, 0.25) is 0 Å². The number of ether oxygens (including phenoxy) is 3. The van der Waals surface area contributed by atoms with Crippen molar-refractivity contribution in [3.63, 3.8) is 0 Å². The minimum absolute atomic E-state index is 0.0123. The van der Waals surface area contributed by atoms with Gasteiger partial charge in [0, 0.05) is 38.9 Å². The van der Waals surface area contributed by atoms with E-state index in [-0.39, 0.29) is 17.4 Å². The number of hydrogen-bond acceptors (Lipinski definition) is 6. The highest BCUT2D eigenvalue weighted by atomic mass is 16.5. The first kappa shape index (κ1) is 26.6. The largest absolute Gasteiger partial charge is 0.487 e. The SMILES string of the molecule is CO[C@H]1COCC[C@H]1NC1CCN(C(=O)c2cc(C)c(OCc3ccc(C(C)(C)C)cc3)cn2)CC1. The molecule has 2 saturated heterocycles. The molecule has 196 valence electrons. The topological polar surface area (TPSA) is 72.9 Å². The van der Waals surface area contributed by atoms with E-state index in [0.717, 1.165) is 50.1 Å². The highest BCUT2D eigenvalue weighted by molar-refractivity contribution is 5.92. The van der Waals surface area contributed by atoms with Crippen LogP contribution >= 0.6 is 0 Å². The summed E-state index contributed by atoms with van der Waals surface area (Å²) < 4.78 is 17.1. The van der Waals surface area contributed by atoms with Gasteiger partial charge in [0.1, 0.15) is 18.1 Å². The molecule has 0 spiro atoms. The van der Waals surface area contributed by atoms with Crippen LogP contribution in [-0.2, 0) is 21.5 Å². The molecule has 1 aromatic carbocycles. The number of nitrogens with zero attached hydrogens (tertiary/aromatic N) is 2. The Labute approximate surface area is 215 Å². The summed E-state index contributed by atoms with van der Waals surface area (Å²) in [6.45, 7) is 11.9. The third-order valence-electron chi connectivity index (χ3n) is 7.33. The van der Waals surface area contributed by atoms with Crippen molar-refractivity contribution in [3.8, 4) is 5.75 Å². The predicted molar refractivity (Wildman–Crippen MR) is 141 cm³/mol. The lowest BCUT2D eigenvalue weighted by molar-refractivity contribution is -0.0533. The zero-order valence-electron chi connectivity index (χ0n) is 22.4. The molecule has 0 aliphatic carbocycles. The van der Waals surface area contributed by atoms with Crippen molar-refractivity contribution in [3.05, 3.63) is 58.9 Å². The van der Waals surface area contributed by atoms with E-state index in [2.05, 4.69) is 55.3 Å². The van der Waals surface area contributed by atoms with E-state index in [9.17, 15) is 4.79 Å². The smallest absolute Gasteiger partial charge is 0.272 e. The molecule has 2 aliphatic rings. The van der Waals surface area contributed by atoms with Gasteiger partial charge in [0.25, 0.3) is 5.91 Å². The second-order valence-electron chi connectivity index (χ2n) is 11.0. The second kappa shape index (κ2) is 11.7. The van der Waals surface area contributed by atoms with Gasteiger partial charge in [-0.3, -0.25) is 4.79 Å². The number of rotatable bonds is 7. The molecule has 0 bridgehead atoms. The number of methoxy groups -OCH3 is 1. The van der Waals surface area contributed by atoms with Crippen molar-refractivity contribution in [1.29, 1.82) is 0 Å². The maximum atomic E-state index is 13.1. The van der Waals surface area contributed by atoms with Crippen molar-refractivity contribution in [2.75, 3.05) is 33.4 Å². The number of pyridine rings is 1. The van der Waals surface area contributed by atoms with Crippen LogP contribution in [0.25, 0.3) is 0 Å². The fourth-order valence-corrected chi connectivity index (χ4v) is 4.92. The van der Waals surface area contributed by atoms with Crippen LogP contribution < -0.4 is 10.1 Å². The van der Waals surface area contributed by atoms with E-state index in [1.807, 2.05) is 17.9 Å². The lowest BCUT2D eigenvalue weighted by Gasteiger charge is -2.38. The van der Waals surface area contributed by atoms with E-state index in [1.54, 1.807) is 13.3 Å². The molecule has 0 saturated carbocycles. The van der Waals surface area contributed by atoms with Crippen LogP contribution in [0.5, 0.6) is 5.75 Å². The summed E-state index contributed by atoms with van der Waals surface area (Å²) in [6, 6.07) is 11.1. The van der Waals surface area contributed by atoms with Crippen LogP contribution in [0.2, 0.25) is 0 Å². The molecule has 7 heteroatoms. The Balaban J connectivity index is 1.28. The molecule has 1 N–H and O–H groups in total. The number of carbonyl (C=O) groups excluding carboxylic acids is 1. The fraction of sp³-hybridized carbons (Fsp3) is 0.586. The lowest BCUT2D eigenvalue weighted by Crippen LogP contribution is -2.54. The van der Waals surface area contributed by atoms with Gasteiger partial charge < -0.3 is 24.4 Å². The minimum atomic E-state index is -0.0123. The molecule has 2 aromatic rings. The van der Waals surface area contributed by atoms with Gasteiger partial charge >= 0.3 is 0 Å². The molecule has 0 unspecified atom stereocenters. The van der Waals surface area contributed by atoms with Crippen LogP contribution in [0, 0.1) is 6.92 Å². The van der Waals surface area contributed by atoms with Crippen LogP contribution in [0.15, 0.2) is 36.5 Å². The highest BCUT2D eigenvalue weighted by Gasteiger charge is 2.30. The Bertz CT molecular complexity index is 1010. The third kappa shape index (κ3) is 6.64. The summed E-state index contributed by atoms with van der Waals surface area (Å²) >= 11 is 0.